The Labute approximate surface area is 205 Å². The summed E-state index contributed by atoms with van der Waals surface area (Å²) in [5.74, 6) is 0.621. The van der Waals surface area contributed by atoms with E-state index in [4.69, 9.17) is 15.8 Å². The molecular weight excluding hydrogens is 442 g/mol. The predicted octanol–water partition coefficient (Wildman–Crippen LogP) is 4.07. The highest BCUT2D eigenvalue weighted by molar-refractivity contribution is 5.96. The van der Waals surface area contributed by atoms with Crippen LogP contribution in [0, 0.1) is 11.8 Å². The Morgan fingerprint density at radius 3 is 2.20 bits per heavy atom. The lowest BCUT2D eigenvalue weighted by molar-refractivity contribution is 0.0941. The molecule has 8 heteroatoms. The van der Waals surface area contributed by atoms with Gasteiger partial charge in [-0.1, -0.05) is 18.2 Å². The average Bonchev–Trinajstić information content (AvgIpc) is 2.91. The van der Waals surface area contributed by atoms with E-state index in [9.17, 15) is 9.59 Å². The number of carbonyl (C=O) groups is 2. The first-order chi connectivity index (χ1) is 17.0. The van der Waals surface area contributed by atoms with Gasteiger partial charge in [-0.2, -0.15) is 0 Å². The smallest absolute Gasteiger partial charge is 0.404 e. The summed E-state index contributed by atoms with van der Waals surface area (Å²) < 4.78 is 0. The van der Waals surface area contributed by atoms with E-state index in [1.54, 1.807) is 18.5 Å². The maximum atomic E-state index is 13.2. The number of carboxylic acid groups (broad SMARTS) is 1. The van der Waals surface area contributed by atoms with Crippen LogP contribution < -0.4 is 16.4 Å². The van der Waals surface area contributed by atoms with Crippen molar-refractivity contribution in [3.05, 3.63) is 72.1 Å². The van der Waals surface area contributed by atoms with Gasteiger partial charge in [-0.15, -0.1) is 0 Å². The van der Waals surface area contributed by atoms with Gasteiger partial charge in [0.25, 0.3) is 5.91 Å². The first-order valence-electron chi connectivity index (χ1n) is 12.0. The standard InChI is InChI=1S/C27H31N5O3/c28-14-20-3-1-4-21(11-20)24-12-23(13-25(32-24)22-5-2-10-29-17-22)26(33)30-15-18-6-8-19(9-7-18)16-31-27(34)35/h1-5,10-13,17-19,31H,6-9,14-16,28H2,(H,30,33)(H,34,35)/t18-,19-. The van der Waals surface area contributed by atoms with Gasteiger partial charge in [-0.3, -0.25) is 9.78 Å². The van der Waals surface area contributed by atoms with Crippen molar-refractivity contribution in [2.45, 2.75) is 32.2 Å². The predicted molar refractivity (Wildman–Crippen MR) is 135 cm³/mol. The summed E-state index contributed by atoms with van der Waals surface area (Å²) in [6.07, 6.45) is 6.34. The number of aromatic nitrogens is 2. The molecule has 0 aliphatic heterocycles. The second-order valence-corrected chi connectivity index (χ2v) is 9.06. The fraction of sp³-hybridized carbons (Fsp3) is 0.333. The van der Waals surface area contributed by atoms with E-state index in [0.29, 0.717) is 48.4 Å². The van der Waals surface area contributed by atoms with E-state index in [0.717, 1.165) is 42.4 Å². The number of amides is 2. The van der Waals surface area contributed by atoms with Crippen molar-refractivity contribution in [2.75, 3.05) is 13.1 Å². The number of nitrogens with one attached hydrogen (secondary N) is 2. The molecular formula is C27H31N5O3. The molecule has 35 heavy (non-hydrogen) atoms. The van der Waals surface area contributed by atoms with Crippen LogP contribution in [0.4, 0.5) is 4.79 Å². The highest BCUT2D eigenvalue weighted by Crippen LogP contribution is 2.29. The number of rotatable bonds is 8. The Bertz CT molecular complexity index is 1160. The molecule has 1 aliphatic carbocycles. The fourth-order valence-electron chi connectivity index (χ4n) is 4.54. The van der Waals surface area contributed by atoms with Gasteiger partial charge in [-0.05, 0) is 73.4 Å². The summed E-state index contributed by atoms with van der Waals surface area (Å²) in [6.45, 7) is 1.52. The SMILES string of the molecule is NCc1cccc(-c2cc(C(=O)NC[C@H]3CC[C@H](CNC(=O)O)CC3)cc(-c3cccnc3)n2)c1. The molecule has 0 bridgehead atoms. The summed E-state index contributed by atoms with van der Waals surface area (Å²) in [4.78, 5) is 32.9. The summed E-state index contributed by atoms with van der Waals surface area (Å²) in [5, 5.41) is 14.4. The maximum absolute atomic E-state index is 13.2. The van der Waals surface area contributed by atoms with Gasteiger partial charge in [0.1, 0.15) is 0 Å². The molecule has 182 valence electrons. The molecule has 2 amide bonds. The third kappa shape index (κ3) is 6.64. The zero-order valence-electron chi connectivity index (χ0n) is 19.6. The van der Waals surface area contributed by atoms with Crippen molar-refractivity contribution in [3.63, 3.8) is 0 Å². The summed E-state index contributed by atoms with van der Waals surface area (Å²) in [6, 6.07) is 15.3. The van der Waals surface area contributed by atoms with Crippen LogP contribution in [0.1, 0.15) is 41.6 Å². The van der Waals surface area contributed by atoms with Gasteiger partial charge < -0.3 is 21.5 Å². The van der Waals surface area contributed by atoms with Crippen LogP contribution in [0.5, 0.6) is 0 Å². The molecule has 0 radical (unpaired) electrons. The third-order valence-corrected chi connectivity index (χ3v) is 6.56. The van der Waals surface area contributed by atoms with Crippen LogP contribution in [-0.4, -0.2) is 40.2 Å². The van der Waals surface area contributed by atoms with Crippen molar-refractivity contribution < 1.29 is 14.7 Å². The molecule has 5 N–H and O–H groups in total. The molecule has 4 rings (SSSR count). The molecule has 0 saturated heterocycles. The first-order valence-corrected chi connectivity index (χ1v) is 12.0. The maximum Gasteiger partial charge on any atom is 0.404 e. The van der Waals surface area contributed by atoms with E-state index >= 15 is 0 Å². The summed E-state index contributed by atoms with van der Waals surface area (Å²) >= 11 is 0. The van der Waals surface area contributed by atoms with Crippen LogP contribution in [0.2, 0.25) is 0 Å². The minimum absolute atomic E-state index is 0.136. The number of nitrogens with two attached hydrogens (primary N) is 1. The Kier molecular flexibility index (Phi) is 8.05. The van der Waals surface area contributed by atoms with Crippen molar-refractivity contribution in [2.24, 2.45) is 17.6 Å². The first kappa shape index (κ1) is 24.3. The van der Waals surface area contributed by atoms with Crippen molar-refractivity contribution in [3.8, 4) is 22.5 Å². The number of hydrogen-bond acceptors (Lipinski definition) is 5. The minimum atomic E-state index is -0.975. The van der Waals surface area contributed by atoms with Crippen molar-refractivity contribution >= 4 is 12.0 Å². The molecule has 0 atom stereocenters. The van der Waals surface area contributed by atoms with Gasteiger partial charge in [0.2, 0.25) is 0 Å². The monoisotopic (exact) mass is 473 g/mol. The van der Waals surface area contributed by atoms with E-state index in [-0.39, 0.29) is 5.91 Å². The van der Waals surface area contributed by atoms with Crippen molar-refractivity contribution in [1.82, 2.24) is 20.6 Å². The Balaban J connectivity index is 1.48. The fourth-order valence-corrected chi connectivity index (χ4v) is 4.54. The van der Waals surface area contributed by atoms with Crippen LogP contribution in [-0.2, 0) is 6.54 Å². The molecule has 8 nitrogen and oxygen atoms in total. The highest BCUT2D eigenvalue weighted by Gasteiger charge is 2.22. The van der Waals surface area contributed by atoms with E-state index in [1.807, 2.05) is 42.5 Å². The van der Waals surface area contributed by atoms with Crippen LogP contribution in [0.15, 0.2) is 60.9 Å². The molecule has 1 saturated carbocycles. The second-order valence-electron chi connectivity index (χ2n) is 9.06. The van der Waals surface area contributed by atoms with Crippen LogP contribution in [0.25, 0.3) is 22.5 Å². The lowest BCUT2D eigenvalue weighted by Crippen LogP contribution is -2.34. The Morgan fingerprint density at radius 2 is 1.57 bits per heavy atom. The van der Waals surface area contributed by atoms with Gasteiger partial charge in [-0.25, -0.2) is 9.78 Å². The van der Waals surface area contributed by atoms with Gasteiger partial charge in [0.05, 0.1) is 11.4 Å². The molecule has 3 aromatic rings. The number of hydrogen-bond donors (Lipinski definition) is 4. The third-order valence-electron chi connectivity index (χ3n) is 6.56. The molecule has 1 fully saturated rings. The van der Waals surface area contributed by atoms with Crippen molar-refractivity contribution in [1.29, 1.82) is 0 Å². The number of nitrogens with zero attached hydrogens (tertiary/aromatic N) is 2. The highest BCUT2D eigenvalue weighted by atomic mass is 16.4. The Morgan fingerprint density at radius 1 is 0.914 bits per heavy atom. The normalized spacial score (nSPS) is 17.5. The van der Waals surface area contributed by atoms with E-state index in [1.165, 1.54) is 0 Å². The summed E-state index contributed by atoms with van der Waals surface area (Å²) in [7, 11) is 0. The molecule has 0 spiro atoms. The van der Waals surface area contributed by atoms with Gasteiger partial charge >= 0.3 is 6.09 Å². The topological polar surface area (TPSA) is 130 Å². The zero-order valence-corrected chi connectivity index (χ0v) is 19.6. The Hall–Kier alpha value is -3.78. The molecule has 1 aromatic carbocycles. The lowest BCUT2D eigenvalue weighted by Gasteiger charge is -2.28. The number of benzene rings is 1. The largest absolute Gasteiger partial charge is 0.465 e. The second kappa shape index (κ2) is 11.6. The summed E-state index contributed by atoms with van der Waals surface area (Å²) in [5.41, 5.74) is 10.5. The molecule has 0 unspecified atom stereocenters. The molecule has 1 aliphatic rings. The van der Waals surface area contributed by atoms with Crippen LogP contribution in [0.3, 0.4) is 0 Å². The zero-order chi connectivity index (χ0) is 24.6. The van der Waals surface area contributed by atoms with Gasteiger partial charge in [0.15, 0.2) is 0 Å². The quantitative estimate of drug-likeness (QED) is 0.390. The van der Waals surface area contributed by atoms with Gasteiger partial charge in [0, 0.05) is 48.7 Å². The molecule has 2 heterocycles. The molecule has 2 aromatic heterocycles. The lowest BCUT2D eigenvalue weighted by atomic mass is 9.82. The van der Waals surface area contributed by atoms with E-state index in [2.05, 4.69) is 15.6 Å². The average molecular weight is 474 g/mol. The number of carbonyl (C=O) groups excluding carboxylic acids is 1. The minimum Gasteiger partial charge on any atom is -0.465 e. The van der Waals surface area contributed by atoms with Crippen LogP contribution >= 0.6 is 0 Å². The number of pyridine rings is 2. The van der Waals surface area contributed by atoms with E-state index < -0.39 is 6.09 Å².